The highest BCUT2D eigenvalue weighted by molar-refractivity contribution is 7.90. The van der Waals surface area contributed by atoms with E-state index in [9.17, 15) is 18.0 Å². The van der Waals surface area contributed by atoms with Gasteiger partial charge < -0.3 is 0 Å². The summed E-state index contributed by atoms with van der Waals surface area (Å²) in [7, 11) is -4.05. The van der Waals surface area contributed by atoms with E-state index >= 15 is 0 Å². The summed E-state index contributed by atoms with van der Waals surface area (Å²) in [6.07, 6.45) is 0. The fraction of sp³-hybridized carbons (Fsp3) is 0.0556. The van der Waals surface area contributed by atoms with Crippen molar-refractivity contribution in [3.8, 4) is 10.6 Å². The summed E-state index contributed by atoms with van der Waals surface area (Å²) in [5, 5.41) is 2.13. The van der Waals surface area contributed by atoms with Crippen LogP contribution in [0.25, 0.3) is 10.6 Å². The Morgan fingerprint density at radius 1 is 1.00 bits per heavy atom. The summed E-state index contributed by atoms with van der Waals surface area (Å²) in [6.45, 7) is 1.39. The first-order valence-electron chi connectivity index (χ1n) is 7.56. The van der Waals surface area contributed by atoms with Crippen molar-refractivity contribution in [3.63, 3.8) is 0 Å². The van der Waals surface area contributed by atoms with Gasteiger partial charge in [-0.15, -0.1) is 11.3 Å². The highest BCUT2D eigenvalue weighted by Crippen LogP contribution is 2.23. The number of hydrogen-bond donors (Lipinski definition) is 1. The van der Waals surface area contributed by atoms with Crippen LogP contribution in [0.2, 0.25) is 0 Å². The summed E-state index contributed by atoms with van der Waals surface area (Å²) in [6, 6.07) is 14.6. The van der Waals surface area contributed by atoms with E-state index in [1.807, 2.05) is 35.1 Å². The lowest BCUT2D eigenvalue weighted by Crippen LogP contribution is -2.30. The monoisotopic (exact) mass is 386 g/mol. The van der Waals surface area contributed by atoms with E-state index in [1.165, 1.54) is 47.9 Å². The molecule has 1 N–H and O–H groups in total. The fourth-order valence-electron chi connectivity index (χ4n) is 2.19. The first-order valence-corrected chi connectivity index (χ1v) is 9.92. The van der Waals surface area contributed by atoms with Crippen LogP contribution in [0.5, 0.6) is 0 Å². The predicted molar refractivity (Wildman–Crippen MR) is 98.6 cm³/mol. The molecular formula is C18H14N2O4S2. The van der Waals surface area contributed by atoms with Gasteiger partial charge in [-0.2, -0.15) is 0 Å². The number of rotatable bonds is 5. The van der Waals surface area contributed by atoms with Gasteiger partial charge in [-0.1, -0.05) is 42.5 Å². The first kappa shape index (κ1) is 18.0. The molecule has 0 radical (unpaired) electrons. The molecule has 0 aliphatic carbocycles. The van der Waals surface area contributed by atoms with Crippen LogP contribution in [0.3, 0.4) is 0 Å². The molecule has 1 aromatic heterocycles. The number of amides is 1. The third-order valence-electron chi connectivity index (χ3n) is 3.56. The number of hydrogen-bond acceptors (Lipinski definition) is 6. The standard InChI is InChI=1S/C18H14N2O4S2/c1-12(21)13-7-9-15(10-8-13)26(23,24)20-17(22)16-11-25-18(19-16)14-5-3-2-4-6-14/h2-11H,1H3,(H,20,22). The molecule has 26 heavy (non-hydrogen) atoms. The van der Waals surface area contributed by atoms with Crippen LogP contribution in [0.15, 0.2) is 64.9 Å². The van der Waals surface area contributed by atoms with Crippen LogP contribution in [-0.2, 0) is 10.0 Å². The van der Waals surface area contributed by atoms with E-state index in [-0.39, 0.29) is 16.4 Å². The Labute approximate surface area is 154 Å². The third kappa shape index (κ3) is 3.87. The zero-order valence-corrected chi connectivity index (χ0v) is 15.3. The number of thiazole rings is 1. The number of nitrogens with one attached hydrogen (secondary N) is 1. The summed E-state index contributed by atoms with van der Waals surface area (Å²) in [5.41, 5.74) is 1.26. The van der Waals surface area contributed by atoms with E-state index in [4.69, 9.17) is 0 Å². The second-order valence-electron chi connectivity index (χ2n) is 5.42. The minimum Gasteiger partial charge on any atom is -0.295 e. The normalized spacial score (nSPS) is 11.1. The molecule has 1 amide bonds. The molecule has 1 heterocycles. The van der Waals surface area contributed by atoms with Crippen molar-refractivity contribution in [2.45, 2.75) is 11.8 Å². The van der Waals surface area contributed by atoms with E-state index in [0.29, 0.717) is 10.6 Å². The molecule has 0 atom stereocenters. The third-order valence-corrected chi connectivity index (χ3v) is 5.79. The Morgan fingerprint density at radius 2 is 1.65 bits per heavy atom. The molecule has 6 nitrogen and oxygen atoms in total. The van der Waals surface area contributed by atoms with E-state index in [1.54, 1.807) is 0 Å². The van der Waals surface area contributed by atoms with Crippen LogP contribution in [0.1, 0.15) is 27.8 Å². The van der Waals surface area contributed by atoms with Crippen LogP contribution in [-0.4, -0.2) is 25.1 Å². The Balaban J connectivity index is 1.78. The second-order valence-corrected chi connectivity index (χ2v) is 7.96. The number of nitrogens with zero attached hydrogens (tertiary/aromatic N) is 1. The molecule has 0 aliphatic rings. The van der Waals surface area contributed by atoms with Crippen LogP contribution in [0.4, 0.5) is 0 Å². The molecule has 0 unspecified atom stereocenters. The fourth-order valence-corrected chi connectivity index (χ4v) is 3.96. The molecule has 0 fully saturated rings. The van der Waals surface area contributed by atoms with E-state index < -0.39 is 15.9 Å². The Bertz CT molecular complexity index is 1060. The Kier molecular flexibility index (Phi) is 4.97. The molecule has 132 valence electrons. The average molecular weight is 386 g/mol. The Morgan fingerprint density at radius 3 is 2.27 bits per heavy atom. The van der Waals surface area contributed by atoms with Gasteiger partial charge >= 0.3 is 0 Å². The number of Topliss-reactive ketones (excluding diaryl/α,β-unsaturated/α-hetero) is 1. The quantitative estimate of drug-likeness (QED) is 0.680. The molecule has 0 aliphatic heterocycles. The topological polar surface area (TPSA) is 93.2 Å². The van der Waals surface area contributed by atoms with Crippen molar-refractivity contribution in [1.82, 2.24) is 9.71 Å². The van der Waals surface area contributed by atoms with Crippen molar-refractivity contribution in [2.75, 3.05) is 0 Å². The highest BCUT2D eigenvalue weighted by atomic mass is 32.2. The second kappa shape index (κ2) is 7.19. The van der Waals surface area contributed by atoms with Crippen molar-refractivity contribution in [2.24, 2.45) is 0 Å². The zero-order valence-electron chi connectivity index (χ0n) is 13.7. The van der Waals surface area contributed by atoms with Gasteiger partial charge in [0.25, 0.3) is 15.9 Å². The van der Waals surface area contributed by atoms with Gasteiger partial charge in [0.1, 0.15) is 10.7 Å². The van der Waals surface area contributed by atoms with Gasteiger partial charge in [-0.05, 0) is 19.1 Å². The minimum absolute atomic E-state index is 0.0257. The van der Waals surface area contributed by atoms with Crippen molar-refractivity contribution in [3.05, 3.63) is 71.2 Å². The smallest absolute Gasteiger partial charge is 0.284 e. The van der Waals surface area contributed by atoms with Crippen LogP contribution in [0, 0.1) is 0 Å². The van der Waals surface area contributed by atoms with E-state index in [0.717, 1.165) is 5.56 Å². The van der Waals surface area contributed by atoms with Gasteiger partial charge in [0, 0.05) is 16.5 Å². The van der Waals surface area contributed by atoms with E-state index in [2.05, 4.69) is 4.98 Å². The minimum atomic E-state index is -4.05. The first-order chi connectivity index (χ1) is 12.4. The lowest BCUT2D eigenvalue weighted by Gasteiger charge is -2.06. The van der Waals surface area contributed by atoms with Crippen molar-refractivity contribution < 1.29 is 18.0 Å². The lowest BCUT2D eigenvalue weighted by molar-refractivity contribution is 0.0975. The maximum absolute atomic E-state index is 12.3. The predicted octanol–water partition coefficient (Wildman–Crippen LogP) is 3.13. The van der Waals surface area contributed by atoms with Gasteiger partial charge in [-0.25, -0.2) is 18.1 Å². The summed E-state index contributed by atoms with van der Waals surface area (Å²) < 4.78 is 26.7. The summed E-state index contributed by atoms with van der Waals surface area (Å²) >= 11 is 1.25. The molecule has 3 rings (SSSR count). The lowest BCUT2D eigenvalue weighted by atomic mass is 10.2. The largest absolute Gasteiger partial charge is 0.295 e. The molecule has 0 saturated heterocycles. The molecule has 0 saturated carbocycles. The number of carbonyl (C=O) groups is 2. The molecule has 0 bridgehead atoms. The molecule has 2 aromatic carbocycles. The zero-order chi connectivity index (χ0) is 18.7. The molecule has 0 spiro atoms. The summed E-state index contributed by atoms with van der Waals surface area (Å²) in [5.74, 6) is -0.979. The molecular weight excluding hydrogens is 372 g/mol. The number of benzene rings is 2. The van der Waals surface area contributed by atoms with Gasteiger partial charge in [0.2, 0.25) is 0 Å². The molecule has 8 heteroatoms. The molecule has 3 aromatic rings. The highest BCUT2D eigenvalue weighted by Gasteiger charge is 2.21. The van der Waals surface area contributed by atoms with Crippen molar-refractivity contribution in [1.29, 1.82) is 0 Å². The summed E-state index contributed by atoms with van der Waals surface area (Å²) in [4.78, 5) is 27.6. The van der Waals surface area contributed by atoms with Crippen molar-refractivity contribution >= 4 is 33.1 Å². The van der Waals surface area contributed by atoms with Gasteiger partial charge in [0.05, 0.1) is 4.90 Å². The number of aromatic nitrogens is 1. The number of carbonyl (C=O) groups excluding carboxylic acids is 2. The van der Waals surface area contributed by atoms with Crippen LogP contribution < -0.4 is 4.72 Å². The SMILES string of the molecule is CC(=O)c1ccc(S(=O)(=O)NC(=O)c2csc(-c3ccccc3)n2)cc1. The maximum atomic E-state index is 12.3. The van der Waals surface area contributed by atoms with Crippen LogP contribution >= 0.6 is 11.3 Å². The number of sulfonamides is 1. The number of ketones is 1. The van der Waals surface area contributed by atoms with Gasteiger partial charge in [0.15, 0.2) is 5.78 Å². The average Bonchev–Trinajstić information content (AvgIpc) is 3.12. The van der Waals surface area contributed by atoms with Gasteiger partial charge in [-0.3, -0.25) is 9.59 Å². The Hall–Kier alpha value is -2.84. The maximum Gasteiger partial charge on any atom is 0.284 e.